The minimum Gasteiger partial charge on any atom is -0.477 e. The lowest BCUT2D eigenvalue weighted by atomic mass is 10.0. The van der Waals surface area contributed by atoms with E-state index in [-0.39, 0.29) is 33.7 Å². The first-order valence-corrected chi connectivity index (χ1v) is 10.8. The van der Waals surface area contributed by atoms with E-state index in [1.807, 2.05) is 19.1 Å². The second kappa shape index (κ2) is 8.07. The van der Waals surface area contributed by atoms with Crippen LogP contribution in [0.2, 0.25) is 0 Å². The summed E-state index contributed by atoms with van der Waals surface area (Å²) in [6, 6.07) is -0.902. The third-order valence-corrected chi connectivity index (χ3v) is 6.54. The smallest absolute Gasteiger partial charge is 0.352 e. The van der Waals surface area contributed by atoms with Gasteiger partial charge in [-0.05, 0) is 31.9 Å². The third-order valence-electron chi connectivity index (χ3n) is 4.67. The van der Waals surface area contributed by atoms with Crippen LogP contribution >= 0.6 is 23.3 Å². The van der Waals surface area contributed by atoms with E-state index in [2.05, 4.69) is 19.8 Å². The van der Waals surface area contributed by atoms with Crippen LogP contribution in [0, 0.1) is 0 Å². The van der Waals surface area contributed by atoms with Gasteiger partial charge in [-0.25, -0.2) is 4.79 Å². The highest BCUT2D eigenvalue weighted by Crippen LogP contribution is 2.40. The fourth-order valence-electron chi connectivity index (χ4n) is 3.27. The van der Waals surface area contributed by atoms with Gasteiger partial charge in [0.1, 0.15) is 23.2 Å². The summed E-state index contributed by atoms with van der Waals surface area (Å²) in [6.07, 6.45) is 6.64. The van der Waals surface area contributed by atoms with Crippen LogP contribution in [0.25, 0.3) is 0 Å². The highest BCUT2D eigenvalue weighted by Gasteiger charge is 2.54. The maximum absolute atomic E-state index is 12.9. The van der Waals surface area contributed by atoms with Crippen molar-refractivity contribution in [2.24, 2.45) is 5.16 Å². The highest BCUT2D eigenvalue weighted by molar-refractivity contribution is 8.00. The molecule has 4 atom stereocenters. The van der Waals surface area contributed by atoms with Crippen LogP contribution in [0.1, 0.15) is 25.6 Å². The number of nitrogens with zero attached hydrogens (tertiary/aromatic N) is 4. The summed E-state index contributed by atoms with van der Waals surface area (Å²) in [5.74, 6) is -2.40. The standard InChI is InChI=1S/C17H18N6O5S2/c1-7-6-9(16(26)27)23-14(25)11(15(23)29-7)19-13(24)10(12-20-17(18)30-22-12)21-28-8-4-2-3-5-8/h2,4,6-8,11,15H,3,5H2,1H3,(H,19,24)(H,26,27)(H2,18,20,22)/t7?,8?,11?,15-/m1/s1. The van der Waals surface area contributed by atoms with Crippen LogP contribution in [0.3, 0.4) is 0 Å². The van der Waals surface area contributed by atoms with Crippen LogP contribution in [0.4, 0.5) is 5.13 Å². The number of carboxylic acid groups (broad SMARTS) is 1. The van der Waals surface area contributed by atoms with E-state index in [4.69, 9.17) is 10.6 Å². The zero-order chi connectivity index (χ0) is 21.4. The van der Waals surface area contributed by atoms with E-state index < -0.39 is 29.2 Å². The zero-order valence-corrected chi connectivity index (χ0v) is 17.4. The lowest BCUT2D eigenvalue weighted by molar-refractivity contribution is -0.150. The molecule has 30 heavy (non-hydrogen) atoms. The SMILES string of the molecule is CC1C=C(C(=O)O)N2C(=O)C(NC(=O)C(=NOC3C=CCC3)c3nsc(N)n3)[C@H]2S1. The van der Waals surface area contributed by atoms with Crippen molar-refractivity contribution in [3.8, 4) is 0 Å². The van der Waals surface area contributed by atoms with Crippen molar-refractivity contribution in [2.45, 2.75) is 42.5 Å². The molecular weight excluding hydrogens is 432 g/mol. The fourth-order valence-corrected chi connectivity index (χ4v) is 5.03. The summed E-state index contributed by atoms with van der Waals surface area (Å²) in [5, 5.41) is 15.4. The van der Waals surface area contributed by atoms with Crippen molar-refractivity contribution in [3.63, 3.8) is 0 Å². The van der Waals surface area contributed by atoms with Crippen LogP contribution < -0.4 is 11.1 Å². The number of carbonyl (C=O) groups excluding carboxylic acids is 2. The number of nitrogen functional groups attached to an aromatic ring is 1. The quantitative estimate of drug-likeness (QED) is 0.240. The van der Waals surface area contributed by atoms with Gasteiger partial charge in [-0.3, -0.25) is 14.5 Å². The molecule has 2 amide bonds. The first kappa shape index (κ1) is 20.3. The van der Waals surface area contributed by atoms with E-state index in [1.165, 1.54) is 22.7 Å². The molecule has 3 aliphatic rings. The van der Waals surface area contributed by atoms with E-state index in [0.717, 1.165) is 24.4 Å². The number of nitrogens with one attached hydrogen (secondary N) is 1. The van der Waals surface area contributed by atoms with Gasteiger partial charge in [-0.2, -0.15) is 9.36 Å². The number of rotatable bonds is 6. The zero-order valence-electron chi connectivity index (χ0n) is 15.7. The molecule has 0 spiro atoms. The lowest BCUT2D eigenvalue weighted by Gasteiger charge is -2.49. The monoisotopic (exact) mass is 450 g/mol. The Kier molecular flexibility index (Phi) is 5.47. The molecule has 4 N–H and O–H groups in total. The van der Waals surface area contributed by atoms with Crippen molar-refractivity contribution in [1.82, 2.24) is 19.6 Å². The first-order chi connectivity index (χ1) is 14.3. The van der Waals surface area contributed by atoms with Gasteiger partial charge in [0.15, 0.2) is 5.13 Å². The second-order valence-electron chi connectivity index (χ2n) is 6.79. The number of hydrogen-bond acceptors (Lipinski definition) is 10. The molecule has 1 aromatic rings. The Morgan fingerprint density at radius 3 is 2.90 bits per heavy atom. The van der Waals surface area contributed by atoms with Crippen LogP contribution in [0.15, 0.2) is 29.1 Å². The normalized spacial score (nSPS) is 27.9. The average Bonchev–Trinajstić information content (AvgIpc) is 3.37. The highest BCUT2D eigenvalue weighted by atomic mass is 32.2. The third kappa shape index (κ3) is 3.77. The molecule has 0 aromatic carbocycles. The van der Waals surface area contributed by atoms with Crippen LogP contribution in [0.5, 0.6) is 0 Å². The van der Waals surface area contributed by atoms with Crippen molar-refractivity contribution >= 4 is 51.9 Å². The van der Waals surface area contributed by atoms with Crippen LogP contribution in [-0.2, 0) is 19.2 Å². The molecule has 1 aliphatic carbocycles. The van der Waals surface area contributed by atoms with E-state index in [1.54, 1.807) is 0 Å². The number of amides is 2. The number of aromatic nitrogens is 2. The number of carbonyl (C=O) groups is 3. The lowest BCUT2D eigenvalue weighted by Crippen LogP contribution is -2.71. The van der Waals surface area contributed by atoms with Gasteiger partial charge in [-0.15, -0.1) is 11.8 Å². The summed E-state index contributed by atoms with van der Waals surface area (Å²) < 4.78 is 4.01. The Bertz CT molecular complexity index is 989. The number of nitrogens with two attached hydrogens (primary N) is 1. The number of anilines is 1. The van der Waals surface area contributed by atoms with Gasteiger partial charge < -0.3 is 21.0 Å². The molecule has 0 radical (unpaired) electrons. The van der Waals surface area contributed by atoms with Crippen molar-refractivity contribution < 1.29 is 24.3 Å². The maximum Gasteiger partial charge on any atom is 0.352 e. The predicted molar refractivity (Wildman–Crippen MR) is 109 cm³/mol. The molecule has 2 aliphatic heterocycles. The number of thioether (sulfide) groups is 1. The predicted octanol–water partition coefficient (Wildman–Crippen LogP) is 0.317. The number of aliphatic carboxylic acids is 1. The Hall–Kier alpha value is -2.93. The molecule has 1 aromatic heterocycles. The van der Waals surface area contributed by atoms with E-state index >= 15 is 0 Å². The maximum atomic E-state index is 12.9. The van der Waals surface area contributed by atoms with E-state index in [9.17, 15) is 19.5 Å². The molecular formula is C17H18N6O5S2. The summed E-state index contributed by atoms with van der Waals surface area (Å²) >= 11 is 2.28. The number of allylic oxidation sites excluding steroid dienone is 1. The molecule has 0 saturated carbocycles. The molecule has 1 saturated heterocycles. The van der Waals surface area contributed by atoms with Gasteiger partial charge in [-0.1, -0.05) is 11.2 Å². The van der Waals surface area contributed by atoms with Crippen molar-refractivity contribution in [3.05, 3.63) is 29.7 Å². The Morgan fingerprint density at radius 2 is 2.27 bits per heavy atom. The van der Waals surface area contributed by atoms with Crippen molar-refractivity contribution in [2.75, 3.05) is 5.73 Å². The summed E-state index contributed by atoms with van der Waals surface area (Å²) in [7, 11) is 0. The molecule has 3 unspecified atom stereocenters. The number of carboxylic acids is 1. The van der Waals surface area contributed by atoms with Gasteiger partial charge >= 0.3 is 5.97 Å². The Morgan fingerprint density at radius 1 is 1.47 bits per heavy atom. The minimum atomic E-state index is -1.19. The molecule has 0 bridgehead atoms. The largest absolute Gasteiger partial charge is 0.477 e. The number of oxime groups is 1. The Balaban J connectivity index is 1.52. The summed E-state index contributed by atoms with van der Waals surface area (Å²) in [5.41, 5.74) is 5.34. The minimum absolute atomic E-state index is 0.00334. The summed E-state index contributed by atoms with van der Waals surface area (Å²) in [4.78, 5) is 47.5. The molecule has 4 rings (SSSR count). The topological polar surface area (TPSA) is 160 Å². The summed E-state index contributed by atoms with van der Waals surface area (Å²) in [6.45, 7) is 1.82. The molecule has 3 heterocycles. The molecule has 11 nitrogen and oxygen atoms in total. The fraction of sp³-hybridized carbons (Fsp3) is 0.412. The van der Waals surface area contributed by atoms with Gasteiger partial charge in [0.05, 0.1) is 0 Å². The average molecular weight is 451 g/mol. The first-order valence-electron chi connectivity index (χ1n) is 9.09. The van der Waals surface area contributed by atoms with Crippen molar-refractivity contribution in [1.29, 1.82) is 0 Å². The molecule has 158 valence electrons. The second-order valence-corrected chi connectivity index (χ2v) is 9.08. The van der Waals surface area contributed by atoms with Crippen LogP contribution in [-0.4, -0.2) is 65.6 Å². The van der Waals surface area contributed by atoms with Gasteiger partial charge in [0.2, 0.25) is 11.5 Å². The Labute approximate surface area is 179 Å². The number of hydrogen-bond donors (Lipinski definition) is 3. The number of fused-ring (bicyclic) bond motifs is 1. The number of β-lactam (4-membered cyclic amide) rings is 1. The van der Waals surface area contributed by atoms with Gasteiger partial charge in [0, 0.05) is 16.8 Å². The molecule has 13 heteroatoms. The van der Waals surface area contributed by atoms with E-state index in [0.29, 0.717) is 0 Å². The molecule has 1 fully saturated rings. The van der Waals surface area contributed by atoms with Gasteiger partial charge in [0.25, 0.3) is 11.8 Å².